The third-order valence-corrected chi connectivity index (χ3v) is 4.18. The normalized spacial score (nSPS) is 16.4. The van der Waals surface area contributed by atoms with Crippen LogP contribution in [0.1, 0.15) is 41.1 Å². The first-order valence-electron chi connectivity index (χ1n) is 7.56. The van der Waals surface area contributed by atoms with Crippen LogP contribution in [0.2, 0.25) is 0 Å². The van der Waals surface area contributed by atoms with E-state index in [-0.39, 0.29) is 0 Å². The molecule has 0 saturated heterocycles. The number of rotatable bonds is 5. The molecule has 0 aliphatic heterocycles. The maximum atomic E-state index is 3.46. The summed E-state index contributed by atoms with van der Waals surface area (Å²) in [4.78, 5) is 0. The highest BCUT2D eigenvalue weighted by atomic mass is 15.0. The summed E-state index contributed by atoms with van der Waals surface area (Å²) in [5.41, 5.74) is 5.51. The molecule has 0 radical (unpaired) electrons. The van der Waals surface area contributed by atoms with Crippen LogP contribution >= 0.6 is 0 Å². The largest absolute Gasteiger partial charge is 0.350 e. The first kappa shape index (κ1) is 13.4. The van der Waals surface area contributed by atoms with Crippen LogP contribution in [-0.4, -0.2) is 11.6 Å². The standard InChI is InChI=1S/C18H24N2/c1-13-8-14(2)10-15(9-13)11-20-7-6-17(12-20)18(19-3)16-4-5-16/h6-10,12,16,18-19H,4-5,11H2,1-3H3. The minimum atomic E-state index is 0.537. The fourth-order valence-corrected chi connectivity index (χ4v) is 3.22. The van der Waals surface area contributed by atoms with Crippen molar-refractivity contribution in [2.24, 2.45) is 5.92 Å². The van der Waals surface area contributed by atoms with Gasteiger partial charge in [0.2, 0.25) is 0 Å². The lowest BCUT2D eigenvalue weighted by molar-refractivity contribution is 0.528. The Morgan fingerprint density at radius 1 is 1.20 bits per heavy atom. The van der Waals surface area contributed by atoms with Gasteiger partial charge >= 0.3 is 0 Å². The second-order valence-corrected chi connectivity index (χ2v) is 6.22. The summed E-state index contributed by atoms with van der Waals surface area (Å²) in [5, 5.41) is 3.46. The Bertz CT molecular complexity index is 573. The van der Waals surface area contributed by atoms with E-state index in [2.05, 4.69) is 67.4 Å². The third kappa shape index (κ3) is 2.96. The molecule has 2 heteroatoms. The Kier molecular flexibility index (Phi) is 3.66. The predicted octanol–water partition coefficient (Wildman–Crippen LogP) is 3.82. The van der Waals surface area contributed by atoms with Gasteiger partial charge in [-0.2, -0.15) is 0 Å². The molecule has 0 bridgehead atoms. The first-order valence-corrected chi connectivity index (χ1v) is 7.56. The van der Waals surface area contributed by atoms with Crippen LogP contribution in [0.5, 0.6) is 0 Å². The molecule has 2 nitrogen and oxygen atoms in total. The highest BCUT2D eigenvalue weighted by Crippen LogP contribution is 2.40. The van der Waals surface area contributed by atoms with Gasteiger partial charge in [0.05, 0.1) is 0 Å². The Labute approximate surface area is 121 Å². The van der Waals surface area contributed by atoms with Gasteiger partial charge in [-0.05, 0) is 56.8 Å². The van der Waals surface area contributed by atoms with Gasteiger partial charge in [0.15, 0.2) is 0 Å². The summed E-state index contributed by atoms with van der Waals surface area (Å²) >= 11 is 0. The van der Waals surface area contributed by atoms with Gasteiger partial charge in [-0.1, -0.05) is 29.3 Å². The van der Waals surface area contributed by atoms with Gasteiger partial charge in [0.1, 0.15) is 0 Å². The Morgan fingerprint density at radius 2 is 1.90 bits per heavy atom. The second-order valence-electron chi connectivity index (χ2n) is 6.22. The molecule has 1 aromatic carbocycles. The van der Waals surface area contributed by atoms with E-state index < -0.39 is 0 Å². The van der Waals surface area contributed by atoms with Crippen LogP contribution < -0.4 is 5.32 Å². The van der Waals surface area contributed by atoms with Crippen LogP contribution in [-0.2, 0) is 6.54 Å². The fraction of sp³-hybridized carbons (Fsp3) is 0.444. The molecule has 1 aliphatic rings. The van der Waals surface area contributed by atoms with Crippen LogP contribution in [0.3, 0.4) is 0 Å². The van der Waals surface area contributed by atoms with Crippen LogP contribution in [0, 0.1) is 19.8 Å². The van der Waals surface area contributed by atoms with E-state index in [1.165, 1.54) is 35.1 Å². The molecule has 3 rings (SSSR count). The summed E-state index contributed by atoms with van der Waals surface area (Å²) in [6, 6.07) is 9.60. The summed E-state index contributed by atoms with van der Waals surface area (Å²) in [6.45, 7) is 5.30. The van der Waals surface area contributed by atoms with Crippen LogP contribution in [0.4, 0.5) is 0 Å². The number of hydrogen-bond acceptors (Lipinski definition) is 1. The highest BCUT2D eigenvalue weighted by Gasteiger charge is 2.31. The average molecular weight is 268 g/mol. The minimum Gasteiger partial charge on any atom is -0.350 e. The predicted molar refractivity (Wildman–Crippen MR) is 84.0 cm³/mol. The summed E-state index contributed by atoms with van der Waals surface area (Å²) in [7, 11) is 2.07. The molecule has 2 aromatic rings. The van der Waals surface area contributed by atoms with Crippen molar-refractivity contribution in [1.82, 2.24) is 9.88 Å². The maximum Gasteiger partial charge on any atom is 0.0470 e. The van der Waals surface area contributed by atoms with E-state index in [0.717, 1.165) is 12.5 Å². The molecule has 0 spiro atoms. The zero-order chi connectivity index (χ0) is 14.1. The average Bonchev–Trinajstić information content (AvgIpc) is 3.10. The number of aromatic nitrogens is 1. The third-order valence-electron chi connectivity index (χ3n) is 4.18. The van der Waals surface area contributed by atoms with E-state index in [1.54, 1.807) is 0 Å². The van der Waals surface area contributed by atoms with Gasteiger partial charge in [-0.15, -0.1) is 0 Å². The SMILES string of the molecule is CNC(c1ccn(Cc2cc(C)cc(C)c2)c1)C1CC1. The zero-order valence-corrected chi connectivity index (χ0v) is 12.7. The molecule has 1 aliphatic carbocycles. The van der Waals surface area contributed by atoms with Gasteiger partial charge in [-0.3, -0.25) is 0 Å². The molecule has 1 unspecified atom stereocenters. The van der Waals surface area contributed by atoms with Crippen molar-refractivity contribution < 1.29 is 0 Å². The maximum absolute atomic E-state index is 3.46. The Morgan fingerprint density at radius 3 is 2.50 bits per heavy atom. The molecule has 106 valence electrons. The van der Waals surface area contributed by atoms with Gasteiger partial charge < -0.3 is 9.88 Å². The smallest absolute Gasteiger partial charge is 0.0470 e. The number of aryl methyl sites for hydroxylation is 2. The van der Waals surface area contributed by atoms with E-state index in [1.807, 2.05) is 0 Å². The minimum absolute atomic E-state index is 0.537. The Balaban J connectivity index is 1.76. The topological polar surface area (TPSA) is 17.0 Å². The van der Waals surface area contributed by atoms with Crippen molar-refractivity contribution in [2.45, 2.75) is 39.3 Å². The number of hydrogen-bond donors (Lipinski definition) is 1. The van der Waals surface area contributed by atoms with E-state index in [9.17, 15) is 0 Å². The fourth-order valence-electron chi connectivity index (χ4n) is 3.22. The van der Waals surface area contributed by atoms with E-state index in [0.29, 0.717) is 6.04 Å². The molecule has 1 N–H and O–H groups in total. The van der Waals surface area contributed by atoms with Gasteiger partial charge in [0.25, 0.3) is 0 Å². The Hall–Kier alpha value is -1.54. The lowest BCUT2D eigenvalue weighted by Crippen LogP contribution is -2.17. The van der Waals surface area contributed by atoms with Crippen LogP contribution in [0.15, 0.2) is 36.7 Å². The quantitative estimate of drug-likeness (QED) is 0.872. The summed E-state index contributed by atoms with van der Waals surface area (Å²) in [6.07, 6.45) is 7.25. The van der Waals surface area contributed by atoms with Crippen molar-refractivity contribution >= 4 is 0 Å². The summed E-state index contributed by atoms with van der Waals surface area (Å²) < 4.78 is 2.30. The van der Waals surface area contributed by atoms with Crippen molar-refractivity contribution in [3.63, 3.8) is 0 Å². The van der Waals surface area contributed by atoms with Crippen molar-refractivity contribution in [3.05, 3.63) is 58.9 Å². The molecule has 1 atom stereocenters. The second kappa shape index (κ2) is 5.45. The van der Waals surface area contributed by atoms with Gasteiger partial charge in [-0.25, -0.2) is 0 Å². The number of nitrogens with zero attached hydrogens (tertiary/aromatic N) is 1. The molecular formula is C18H24N2. The number of nitrogens with one attached hydrogen (secondary N) is 1. The van der Waals surface area contributed by atoms with Crippen molar-refractivity contribution in [1.29, 1.82) is 0 Å². The molecule has 1 fully saturated rings. The molecular weight excluding hydrogens is 244 g/mol. The first-order chi connectivity index (χ1) is 9.65. The molecule has 1 heterocycles. The van der Waals surface area contributed by atoms with Crippen molar-refractivity contribution in [2.75, 3.05) is 7.05 Å². The van der Waals surface area contributed by atoms with Crippen molar-refractivity contribution in [3.8, 4) is 0 Å². The zero-order valence-electron chi connectivity index (χ0n) is 12.7. The van der Waals surface area contributed by atoms with Gasteiger partial charge in [0, 0.05) is 25.0 Å². The monoisotopic (exact) mass is 268 g/mol. The van der Waals surface area contributed by atoms with Crippen LogP contribution in [0.25, 0.3) is 0 Å². The molecule has 1 saturated carbocycles. The van der Waals surface area contributed by atoms with E-state index in [4.69, 9.17) is 0 Å². The molecule has 0 amide bonds. The lowest BCUT2D eigenvalue weighted by Gasteiger charge is -2.13. The molecule has 20 heavy (non-hydrogen) atoms. The highest BCUT2D eigenvalue weighted by molar-refractivity contribution is 5.29. The molecule has 1 aromatic heterocycles. The van der Waals surface area contributed by atoms with E-state index >= 15 is 0 Å². The summed E-state index contributed by atoms with van der Waals surface area (Å²) in [5.74, 6) is 0.845. The lowest BCUT2D eigenvalue weighted by atomic mass is 10.1. The number of benzene rings is 1.